The summed E-state index contributed by atoms with van der Waals surface area (Å²) in [7, 11) is 0. The molecule has 36 heavy (non-hydrogen) atoms. The second-order valence-electron chi connectivity index (χ2n) is 8.87. The molecule has 2 aromatic heterocycles. The number of hydrogen-bond acceptors (Lipinski definition) is 2. The molecular formula is C28H20F6S2. The van der Waals surface area contributed by atoms with E-state index >= 15 is 17.6 Å². The number of aryl methyl sites for hydroxylation is 3. The number of alkyl halides is 6. The fraction of sp³-hybridized carbons (Fsp3) is 0.214. The van der Waals surface area contributed by atoms with Crippen molar-refractivity contribution in [3.05, 3.63) is 93.2 Å². The van der Waals surface area contributed by atoms with Gasteiger partial charge in [-0.3, -0.25) is 0 Å². The molecule has 0 N–H and O–H groups in total. The fourth-order valence-corrected chi connectivity index (χ4v) is 6.56. The van der Waals surface area contributed by atoms with E-state index in [0.717, 1.165) is 28.2 Å². The van der Waals surface area contributed by atoms with Gasteiger partial charge < -0.3 is 0 Å². The summed E-state index contributed by atoms with van der Waals surface area (Å²) in [4.78, 5) is 1.60. The van der Waals surface area contributed by atoms with Crippen molar-refractivity contribution in [2.75, 3.05) is 0 Å². The minimum atomic E-state index is -5.58. The smallest absolute Gasteiger partial charge is 0.194 e. The van der Waals surface area contributed by atoms with Crippen LogP contribution in [0.25, 0.3) is 32.0 Å². The predicted molar refractivity (Wildman–Crippen MR) is 135 cm³/mol. The van der Waals surface area contributed by atoms with Gasteiger partial charge in [-0.1, -0.05) is 60.2 Å². The van der Waals surface area contributed by atoms with Crippen LogP contribution >= 0.6 is 22.7 Å². The Labute approximate surface area is 212 Å². The topological polar surface area (TPSA) is 0 Å². The lowest BCUT2D eigenvalue weighted by Crippen LogP contribution is -2.48. The van der Waals surface area contributed by atoms with E-state index in [4.69, 9.17) is 0 Å². The van der Waals surface area contributed by atoms with Gasteiger partial charge in [0.05, 0.1) is 0 Å². The molecule has 186 valence electrons. The van der Waals surface area contributed by atoms with Gasteiger partial charge in [-0.05, 0) is 55.2 Å². The first-order chi connectivity index (χ1) is 16.9. The maximum absolute atomic E-state index is 15.3. The Morgan fingerprint density at radius 1 is 0.556 bits per heavy atom. The molecule has 8 heteroatoms. The van der Waals surface area contributed by atoms with Gasteiger partial charge in [-0.2, -0.15) is 26.3 Å². The highest BCUT2D eigenvalue weighted by molar-refractivity contribution is 7.16. The van der Waals surface area contributed by atoms with Crippen molar-refractivity contribution in [3.8, 4) is 20.9 Å². The van der Waals surface area contributed by atoms with E-state index < -0.39 is 28.9 Å². The first-order valence-electron chi connectivity index (χ1n) is 11.1. The number of rotatable bonds is 4. The van der Waals surface area contributed by atoms with E-state index in [1.807, 2.05) is 19.1 Å². The highest BCUT2D eigenvalue weighted by Gasteiger charge is 2.80. The summed E-state index contributed by atoms with van der Waals surface area (Å²) in [6.07, 6.45) is 0. The third kappa shape index (κ3) is 3.57. The van der Waals surface area contributed by atoms with Crippen LogP contribution in [0.3, 0.4) is 0 Å². The number of benzene rings is 2. The Bertz CT molecular complexity index is 1470. The Morgan fingerprint density at radius 2 is 0.972 bits per heavy atom. The molecule has 0 unspecified atom stereocenters. The maximum atomic E-state index is 15.3. The third-order valence-corrected chi connectivity index (χ3v) is 8.63. The van der Waals surface area contributed by atoms with Gasteiger partial charge in [-0.15, -0.1) is 22.7 Å². The number of hydrogen-bond donors (Lipinski definition) is 0. The van der Waals surface area contributed by atoms with E-state index in [1.54, 1.807) is 42.5 Å². The molecule has 1 aliphatic carbocycles. The van der Waals surface area contributed by atoms with Gasteiger partial charge in [0.25, 0.3) is 0 Å². The highest BCUT2D eigenvalue weighted by Crippen LogP contribution is 2.66. The summed E-state index contributed by atoms with van der Waals surface area (Å²) < 4.78 is 90.9. The van der Waals surface area contributed by atoms with E-state index in [0.29, 0.717) is 20.9 Å². The minimum Gasteiger partial charge on any atom is -0.194 e. The van der Waals surface area contributed by atoms with Crippen LogP contribution in [0.15, 0.2) is 66.7 Å². The van der Waals surface area contributed by atoms with E-state index in [9.17, 15) is 8.78 Å². The normalized spacial score (nSPS) is 18.1. The summed E-state index contributed by atoms with van der Waals surface area (Å²) in [6.45, 7) is 4.87. The molecule has 0 saturated carbocycles. The van der Waals surface area contributed by atoms with Gasteiger partial charge in [0, 0.05) is 30.7 Å². The Hall–Kier alpha value is -2.84. The molecule has 4 aromatic rings. The minimum absolute atomic E-state index is 0.265. The molecule has 2 aromatic carbocycles. The first-order valence-corrected chi connectivity index (χ1v) is 12.7. The molecule has 0 spiro atoms. The zero-order valence-electron chi connectivity index (χ0n) is 19.4. The molecule has 0 atom stereocenters. The van der Waals surface area contributed by atoms with Crippen molar-refractivity contribution < 1.29 is 26.3 Å². The zero-order chi connectivity index (χ0) is 26.0. The molecule has 0 fully saturated rings. The van der Waals surface area contributed by atoms with Crippen LogP contribution in [-0.2, 0) is 0 Å². The number of thiophene rings is 2. The third-order valence-electron chi connectivity index (χ3n) is 6.44. The lowest BCUT2D eigenvalue weighted by atomic mass is 9.94. The fourth-order valence-electron chi connectivity index (χ4n) is 4.50. The van der Waals surface area contributed by atoms with Crippen molar-refractivity contribution in [3.63, 3.8) is 0 Å². The van der Waals surface area contributed by atoms with Gasteiger partial charge in [-0.25, -0.2) is 0 Å². The quantitative estimate of drug-likeness (QED) is 0.229. The predicted octanol–water partition coefficient (Wildman–Crippen LogP) is 9.90. The van der Waals surface area contributed by atoms with Crippen molar-refractivity contribution in [1.82, 2.24) is 0 Å². The Balaban J connectivity index is 1.77. The molecule has 0 bridgehead atoms. The average Bonchev–Trinajstić information content (AvgIpc) is 3.42. The van der Waals surface area contributed by atoms with Crippen molar-refractivity contribution in [2.45, 2.75) is 38.5 Å². The van der Waals surface area contributed by atoms with Gasteiger partial charge in [0.1, 0.15) is 0 Å². The van der Waals surface area contributed by atoms with E-state index in [2.05, 4.69) is 0 Å². The van der Waals surface area contributed by atoms with Crippen molar-refractivity contribution in [1.29, 1.82) is 0 Å². The second kappa shape index (κ2) is 8.35. The molecule has 0 nitrogen and oxygen atoms in total. The van der Waals surface area contributed by atoms with Crippen molar-refractivity contribution in [2.24, 2.45) is 0 Å². The summed E-state index contributed by atoms with van der Waals surface area (Å²) in [5.74, 6) is -15.7. The highest BCUT2D eigenvalue weighted by atomic mass is 32.1. The first kappa shape index (κ1) is 24.8. The van der Waals surface area contributed by atoms with Gasteiger partial charge >= 0.3 is 17.8 Å². The molecule has 5 rings (SSSR count). The number of halogens is 6. The van der Waals surface area contributed by atoms with Crippen LogP contribution in [0.5, 0.6) is 0 Å². The van der Waals surface area contributed by atoms with Gasteiger partial charge in [0.15, 0.2) is 0 Å². The van der Waals surface area contributed by atoms with Crippen LogP contribution in [-0.4, -0.2) is 17.8 Å². The van der Waals surface area contributed by atoms with E-state index in [-0.39, 0.29) is 20.9 Å². The summed E-state index contributed by atoms with van der Waals surface area (Å²) in [5, 5.41) is 0. The SMILES string of the molecule is Cc1ccc(-c2cc(C3=C(c4cc(-c5ccccc5)sc4C)C(F)(F)C(F)(F)C3(F)F)c(C)s2)cc1. The molecule has 0 amide bonds. The van der Waals surface area contributed by atoms with Crippen LogP contribution in [0.2, 0.25) is 0 Å². The summed E-state index contributed by atoms with van der Waals surface area (Å²) in [5.41, 5.74) is -0.791. The monoisotopic (exact) mass is 534 g/mol. The molecular weight excluding hydrogens is 514 g/mol. The van der Waals surface area contributed by atoms with Crippen LogP contribution in [0.4, 0.5) is 26.3 Å². The zero-order valence-corrected chi connectivity index (χ0v) is 21.1. The Kier molecular flexibility index (Phi) is 5.76. The lowest BCUT2D eigenvalue weighted by molar-refractivity contribution is -0.254. The Morgan fingerprint density at radius 3 is 1.42 bits per heavy atom. The molecule has 0 saturated heterocycles. The summed E-state index contributed by atoms with van der Waals surface area (Å²) in [6, 6.07) is 18.7. The van der Waals surface area contributed by atoms with Gasteiger partial charge in [0.2, 0.25) is 0 Å². The van der Waals surface area contributed by atoms with E-state index in [1.165, 1.54) is 26.0 Å². The number of allylic oxidation sites excluding steroid dienone is 2. The maximum Gasteiger partial charge on any atom is 0.380 e. The standard InChI is InChI=1S/C28H20F6S2/c1-15-9-11-19(12-10-15)23-14-21(17(3)36-23)25-24(26(29,30)28(33,34)27(25,31)32)20-13-22(35-16(20)2)18-7-5-4-6-8-18/h4-14H,1-3H3. The van der Waals surface area contributed by atoms with Crippen LogP contribution < -0.4 is 0 Å². The molecule has 0 radical (unpaired) electrons. The summed E-state index contributed by atoms with van der Waals surface area (Å²) >= 11 is 2.22. The average molecular weight is 535 g/mol. The molecule has 1 aliphatic rings. The van der Waals surface area contributed by atoms with Crippen LogP contribution in [0.1, 0.15) is 26.4 Å². The van der Waals surface area contributed by atoms with Crippen molar-refractivity contribution >= 4 is 33.8 Å². The lowest BCUT2D eigenvalue weighted by Gasteiger charge is -2.25. The molecule has 0 aliphatic heterocycles. The largest absolute Gasteiger partial charge is 0.380 e. The second-order valence-corrected chi connectivity index (χ2v) is 11.4. The van der Waals surface area contributed by atoms with Crippen LogP contribution in [0, 0.1) is 20.8 Å². The molecule has 2 heterocycles.